The van der Waals surface area contributed by atoms with Gasteiger partial charge >= 0.3 is 0 Å². The molecule has 3 aromatic rings. The van der Waals surface area contributed by atoms with E-state index in [9.17, 15) is 4.79 Å². The second-order valence-corrected chi connectivity index (χ2v) is 5.48. The third-order valence-electron chi connectivity index (χ3n) is 3.20. The first-order valence-electron chi connectivity index (χ1n) is 6.55. The number of halogens is 1. The third kappa shape index (κ3) is 3.11. The lowest BCUT2D eigenvalue weighted by Crippen LogP contribution is -2.13. The summed E-state index contributed by atoms with van der Waals surface area (Å²) in [6.45, 7) is 0. The van der Waals surface area contributed by atoms with Gasteiger partial charge in [-0.3, -0.25) is 9.89 Å². The van der Waals surface area contributed by atoms with Crippen molar-refractivity contribution in [1.29, 1.82) is 0 Å². The number of hydrogen-bond donors (Lipinski definition) is 2. The second kappa shape index (κ2) is 6.05. The average molecular weight is 345 g/mol. The molecule has 0 spiro atoms. The van der Waals surface area contributed by atoms with Crippen LogP contribution in [0.1, 0.15) is 12.2 Å². The highest BCUT2D eigenvalue weighted by Crippen LogP contribution is 2.29. The van der Waals surface area contributed by atoms with Crippen molar-refractivity contribution in [3.8, 4) is 0 Å². The molecule has 0 radical (unpaired) electrons. The average Bonchev–Trinajstić information content (AvgIpc) is 3.02. The standard InChI is InChI=1S/C15H13BrN4O/c16-12-5-6-13(11-4-2-1-3-10(11)12)19-15(21)8-7-14-17-9-18-20-14/h1-6,9H,7-8H2,(H,19,21)(H,17,18,20). The van der Waals surface area contributed by atoms with Gasteiger partial charge in [0.1, 0.15) is 12.2 Å². The number of aryl methyl sites for hydroxylation is 1. The van der Waals surface area contributed by atoms with Gasteiger partial charge in [0.25, 0.3) is 0 Å². The number of aromatic nitrogens is 3. The van der Waals surface area contributed by atoms with Crippen LogP contribution < -0.4 is 5.32 Å². The summed E-state index contributed by atoms with van der Waals surface area (Å²) in [4.78, 5) is 16.1. The molecule has 2 aromatic carbocycles. The molecular formula is C15H13BrN4O. The van der Waals surface area contributed by atoms with E-state index in [4.69, 9.17) is 0 Å². The van der Waals surface area contributed by atoms with Crippen LogP contribution in [0.15, 0.2) is 47.2 Å². The molecule has 3 rings (SSSR count). The largest absolute Gasteiger partial charge is 0.326 e. The van der Waals surface area contributed by atoms with Crippen LogP contribution in [0.2, 0.25) is 0 Å². The minimum Gasteiger partial charge on any atom is -0.326 e. The van der Waals surface area contributed by atoms with Crippen molar-refractivity contribution in [2.45, 2.75) is 12.8 Å². The molecular weight excluding hydrogens is 332 g/mol. The summed E-state index contributed by atoms with van der Waals surface area (Å²) in [6.07, 6.45) is 2.34. The number of fused-ring (bicyclic) bond motifs is 1. The Hall–Kier alpha value is -2.21. The molecule has 1 amide bonds. The van der Waals surface area contributed by atoms with Gasteiger partial charge in [0.2, 0.25) is 5.91 Å². The number of rotatable bonds is 4. The molecule has 0 saturated heterocycles. The van der Waals surface area contributed by atoms with Crippen LogP contribution in [0.4, 0.5) is 5.69 Å². The molecule has 0 atom stereocenters. The monoisotopic (exact) mass is 344 g/mol. The number of H-pyrrole nitrogens is 1. The molecule has 106 valence electrons. The third-order valence-corrected chi connectivity index (χ3v) is 3.89. The highest BCUT2D eigenvalue weighted by Gasteiger charge is 2.08. The van der Waals surface area contributed by atoms with Crippen LogP contribution in [0, 0.1) is 0 Å². The van der Waals surface area contributed by atoms with Gasteiger partial charge in [-0.15, -0.1) is 0 Å². The van der Waals surface area contributed by atoms with E-state index in [0.29, 0.717) is 18.7 Å². The molecule has 5 nitrogen and oxygen atoms in total. The predicted octanol–water partition coefficient (Wildman–Crippen LogP) is 3.29. The van der Waals surface area contributed by atoms with Crippen LogP contribution in [-0.4, -0.2) is 21.1 Å². The molecule has 0 aliphatic heterocycles. The molecule has 0 aliphatic carbocycles. The Labute approximate surface area is 129 Å². The number of benzene rings is 2. The maximum Gasteiger partial charge on any atom is 0.224 e. The van der Waals surface area contributed by atoms with Crippen molar-refractivity contribution in [2.75, 3.05) is 5.32 Å². The van der Waals surface area contributed by atoms with Gasteiger partial charge in [0.05, 0.1) is 0 Å². The number of anilines is 1. The molecule has 0 unspecified atom stereocenters. The molecule has 1 heterocycles. The van der Waals surface area contributed by atoms with E-state index in [1.54, 1.807) is 0 Å². The lowest BCUT2D eigenvalue weighted by Gasteiger charge is -2.09. The first-order chi connectivity index (χ1) is 10.2. The van der Waals surface area contributed by atoms with E-state index in [1.165, 1.54) is 6.33 Å². The first-order valence-corrected chi connectivity index (χ1v) is 7.34. The predicted molar refractivity (Wildman–Crippen MR) is 85.0 cm³/mol. The Balaban J connectivity index is 1.75. The van der Waals surface area contributed by atoms with E-state index in [1.807, 2.05) is 36.4 Å². The van der Waals surface area contributed by atoms with Crippen molar-refractivity contribution < 1.29 is 4.79 Å². The molecule has 6 heteroatoms. The topological polar surface area (TPSA) is 70.7 Å². The highest BCUT2D eigenvalue weighted by molar-refractivity contribution is 9.10. The Morgan fingerprint density at radius 1 is 1.19 bits per heavy atom. The fourth-order valence-electron chi connectivity index (χ4n) is 2.17. The van der Waals surface area contributed by atoms with E-state index < -0.39 is 0 Å². The summed E-state index contributed by atoms with van der Waals surface area (Å²) in [5, 5.41) is 11.5. The molecule has 0 aliphatic rings. The normalized spacial score (nSPS) is 10.7. The van der Waals surface area contributed by atoms with Crippen LogP contribution in [0.25, 0.3) is 10.8 Å². The molecule has 1 aromatic heterocycles. The Kier molecular flexibility index (Phi) is 3.96. The summed E-state index contributed by atoms with van der Waals surface area (Å²) < 4.78 is 1.01. The summed E-state index contributed by atoms with van der Waals surface area (Å²) in [7, 11) is 0. The zero-order valence-corrected chi connectivity index (χ0v) is 12.7. The summed E-state index contributed by atoms with van der Waals surface area (Å²) in [5.41, 5.74) is 0.816. The Morgan fingerprint density at radius 3 is 2.76 bits per heavy atom. The summed E-state index contributed by atoms with van der Waals surface area (Å²) >= 11 is 3.52. The van der Waals surface area contributed by atoms with Crippen molar-refractivity contribution in [3.63, 3.8) is 0 Å². The van der Waals surface area contributed by atoms with Crippen LogP contribution >= 0.6 is 15.9 Å². The van der Waals surface area contributed by atoms with Crippen LogP contribution in [-0.2, 0) is 11.2 Å². The van der Waals surface area contributed by atoms with Crippen LogP contribution in [0.3, 0.4) is 0 Å². The van der Waals surface area contributed by atoms with Gasteiger partial charge in [0.15, 0.2) is 0 Å². The van der Waals surface area contributed by atoms with Gasteiger partial charge < -0.3 is 5.32 Å². The smallest absolute Gasteiger partial charge is 0.224 e. The lowest BCUT2D eigenvalue weighted by molar-refractivity contribution is -0.116. The van der Waals surface area contributed by atoms with Gasteiger partial charge in [-0.1, -0.05) is 40.2 Å². The highest BCUT2D eigenvalue weighted by atomic mass is 79.9. The van der Waals surface area contributed by atoms with Crippen molar-refractivity contribution >= 4 is 38.3 Å². The molecule has 2 N–H and O–H groups in total. The van der Waals surface area contributed by atoms with Crippen molar-refractivity contribution in [1.82, 2.24) is 15.2 Å². The molecule has 0 fully saturated rings. The number of hydrogen-bond acceptors (Lipinski definition) is 3. The maximum atomic E-state index is 12.1. The van der Waals surface area contributed by atoms with Gasteiger partial charge in [-0.25, -0.2) is 4.98 Å². The molecule has 0 saturated carbocycles. The number of nitrogens with one attached hydrogen (secondary N) is 2. The van der Waals surface area contributed by atoms with Crippen molar-refractivity contribution in [2.24, 2.45) is 0 Å². The molecule has 21 heavy (non-hydrogen) atoms. The quantitative estimate of drug-likeness (QED) is 0.762. The minimum absolute atomic E-state index is 0.0427. The first kappa shape index (κ1) is 13.8. The number of aromatic amines is 1. The second-order valence-electron chi connectivity index (χ2n) is 4.62. The Bertz CT molecular complexity index is 770. The van der Waals surface area contributed by atoms with Gasteiger partial charge in [0, 0.05) is 28.4 Å². The maximum absolute atomic E-state index is 12.1. The number of carbonyl (C=O) groups is 1. The van der Waals surface area contributed by atoms with Crippen molar-refractivity contribution in [3.05, 3.63) is 53.0 Å². The zero-order chi connectivity index (χ0) is 14.7. The summed E-state index contributed by atoms with van der Waals surface area (Å²) in [6, 6.07) is 11.8. The van der Waals surface area contributed by atoms with E-state index in [0.717, 1.165) is 20.9 Å². The SMILES string of the molecule is O=C(CCc1ncn[nH]1)Nc1ccc(Br)c2ccccc12. The fourth-order valence-corrected chi connectivity index (χ4v) is 2.65. The van der Waals surface area contributed by atoms with Crippen LogP contribution in [0.5, 0.6) is 0 Å². The lowest BCUT2D eigenvalue weighted by atomic mass is 10.1. The van der Waals surface area contributed by atoms with E-state index in [-0.39, 0.29) is 5.91 Å². The number of amides is 1. The fraction of sp³-hybridized carbons (Fsp3) is 0.133. The van der Waals surface area contributed by atoms with E-state index >= 15 is 0 Å². The zero-order valence-electron chi connectivity index (χ0n) is 11.1. The van der Waals surface area contributed by atoms with Gasteiger partial charge in [-0.05, 0) is 17.5 Å². The minimum atomic E-state index is -0.0427. The molecule has 0 bridgehead atoms. The summed E-state index contributed by atoms with van der Waals surface area (Å²) in [5.74, 6) is 0.671. The number of carbonyl (C=O) groups excluding carboxylic acids is 1. The van der Waals surface area contributed by atoms with E-state index in [2.05, 4.69) is 36.4 Å². The Morgan fingerprint density at radius 2 is 2.00 bits per heavy atom. The number of nitrogens with zero attached hydrogens (tertiary/aromatic N) is 2. The van der Waals surface area contributed by atoms with Gasteiger partial charge in [-0.2, -0.15) is 5.10 Å².